The van der Waals surface area contributed by atoms with Crippen molar-refractivity contribution < 1.29 is 14.6 Å². The summed E-state index contributed by atoms with van der Waals surface area (Å²) in [5.74, 6) is 0.612. The van der Waals surface area contributed by atoms with Crippen LogP contribution >= 0.6 is 0 Å². The molecule has 2 rings (SSSR count). The van der Waals surface area contributed by atoms with E-state index in [4.69, 9.17) is 15.2 Å². The van der Waals surface area contributed by atoms with Gasteiger partial charge in [0.25, 0.3) is 0 Å². The molecule has 1 heterocycles. The van der Waals surface area contributed by atoms with Crippen LogP contribution in [-0.4, -0.2) is 24.9 Å². The van der Waals surface area contributed by atoms with Gasteiger partial charge < -0.3 is 20.3 Å². The second-order valence-corrected chi connectivity index (χ2v) is 3.31. The Balaban J connectivity index is 2.41. The van der Waals surface area contributed by atoms with Crippen molar-refractivity contribution >= 4 is 0 Å². The van der Waals surface area contributed by atoms with E-state index in [2.05, 4.69) is 0 Å². The van der Waals surface area contributed by atoms with Crippen LogP contribution in [0.25, 0.3) is 0 Å². The Hall–Kier alpha value is -1.26. The molecule has 0 aliphatic carbocycles. The molecule has 0 aromatic heterocycles. The van der Waals surface area contributed by atoms with Crippen molar-refractivity contribution in [3.8, 4) is 11.5 Å². The number of hydrogen-bond acceptors (Lipinski definition) is 4. The van der Waals surface area contributed by atoms with E-state index in [-0.39, 0.29) is 17.9 Å². The van der Waals surface area contributed by atoms with Gasteiger partial charge in [-0.15, -0.1) is 0 Å². The van der Waals surface area contributed by atoms with Crippen LogP contribution in [0.2, 0.25) is 0 Å². The summed E-state index contributed by atoms with van der Waals surface area (Å²) in [6, 6.07) is 4.93. The molecule has 0 spiro atoms. The molecule has 0 saturated heterocycles. The highest BCUT2D eigenvalue weighted by Crippen LogP contribution is 2.38. The molecule has 76 valence electrons. The molecule has 14 heavy (non-hydrogen) atoms. The Morgan fingerprint density at radius 3 is 3.07 bits per heavy atom. The maximum absolute atomic E-state index is 9.51. The zero-order valence-corrected chi connectivity index (χ0v) is 7.93. The number of para-hydroxylation sites is 1. The van der Waals surface area contributed by atoms with Gasteiger partial charge in [0.15, 0.2) is 11.5 Å². The highest BCUT2D eigenvalue weighted by atomic mass is 16.5. The lowest BCUT2D eigenvalue weighted by Gasteiger charge is -2.30. The third-order valence-corrected chi connectivity index (χ3v) is 2.48. The molecule has 0 amide bonds. The number of nitrogens with two attached hydrogens (primary N) is 1. The molecule has 3 N–H and O–H groups in total. The van der Waals surface area contributed by atoms with Crippen molar-refractivity contribution in [3.05, 3.63) is 23.8 Å². The quantitative estimate of drug-likeness (QED) is 0.695. The topological polar surface area (TPSA) is 64.7 Å². The summed E-state index contributed by atoms with van der Waals surface area (Å²) in [4.78, 5) is 0. The maximum atomic E-state index is 9.51. The smallest absolute Gasteiger partial charge is 0.165 e. The SMILES string of the molecule is COC1COc2c(O)cccc2C1N. The molecule has 1 aliphatic heterocycles. The number of rotatable bonds is 1. The second-order valence-electron chi connectivity index (χ2n) is 3.31. The summed E-state index contributed by atoms with van der Waals surface area (Å²) >= 11 is 0. The van der Waals surface area contributed by atoms with Crippen LogP contribution in [0.3, 0.4) is 0 Å². The molecule has 4 nitrogen and oxygen atoms in total. The van der Waals surface area contributed by atoms with Crippen molar-refractivity contribution in [2.75, 3.05) is 13.7 Å². The summed E-state index contributed by atoms with van der Waals surface area (Å²) in [5.41, 5.74) is 6.75. The van der Waals surface area contributed by atoms with Crippen molar-refractivity contribution in [2.24, 2.45) is 5.73 Å². The molecule has 4 heteroatoms. The molecule has 0 fully saturated rings. The van der Waals surface area contributed by atoms with E-state index in [0.717, 1.165) is 5.56 Å². The normalized spacial score (nSPS) is 25.3. The monoisotopic (exact) mass is 195 g/mol. The predicted octanol–water partition coefficient (Wildman–Crippen LogP) is 0.799. The van der Waals surface area contributed by atoms with E-state index in [0.29, 0.717) is 12.4 Å². The van der Waals surface area contributed by atoms with E-state index in [1.165, 1.54) is 0 Å². The number of fused-ring (bicyclic) bond motifs is 1. The summed E-state index contributed by atoms with van der Waals surface area (Å²) < 4.78 is 10.5. The fourth-order valence-corrected chi connectivity index (χ4v) is 1.65. The average molecular weight is 195 g/mol. The van der Waals surface area contributed by atoms with Gasteiger partial charge in [0.2, 0.25) is 0 Å². The van der Waals surface area contributed by atoms with Crippen LogP contribution in [0.15, 0.2) is 18.2 Å². The first-order valence-electron chi connectivity index (χ1n) is 4.47. The first-order chi connectivity index (χ1) is 6.74. The Morgan fingerprint density at radius 1 is 1.57 bits per heavy atom. The highest BCUT2D eigenvalue weighted by Gasteiger charge is 2.29. The van der Waals surface area contributed by atoms with Gasteiger partial charge in [-0.3, -0.25) is 0 Å². The number of aromatic hydroxyl groups is 1. The first-order valence-corrected chi connectivity index (χ1v) is 4.47. The minimum Gasteiger partial charge on any atom is -0.504 e. The Morgan fingerprint density at radius 2 is 2.36 bits per heavy atom. The molecule has 1 aromatic carbocycles. The highest BCUT2D eigenvalue weighted by molar-refractivity contribution is 5.48. The number of ether oxygens (including phenoxy) is 2. The molecular weight excluding hydrogens is 182 g/mol. The van der Waals surface area contributed by atoms with Crippen molar-refractivity contribution in [2.45, 2.75) is 12.1 Å². The second kappa shape index (κ2) is 3.48. The predicted molar refractivity (Wildman–Crippen MR) is 51.3 cm³/mol. The Kier molecular flexibility index (Phi) is 2.31. The van der Waals surface area contributed by atoms with E-state index in [1.807, 2.05) is 6.07 Å². The van der Waals surface area contributed by atoms with Crippen LogP contribution in [0, 0.1) is 0 Å². The van der Waals surface area contributed by atoms with Gasteiger partial charge >= 0.3 is 0 Å². The minimum absolute atomic E-state index is 0.132. The van der Waals surface area contributed by atoms with Gasteiger partial charge in [0.05, 0.1) is 6.04 Å². The number of methoxy groups -OCH3 is 1. The van der Waals surface area contributed by atoms with Gasteiger partial charge in [0.1, 0.15) is 12.7 Å². The molecular formula is C10H13NO3. The standard InChI is InChI=1S/C10H13NO3/c1-13-8-5-14-10-6(9(8)11)3-2-4-7(10)12/h2-4,8-9,12H,5,11H2,1H3. The molecule has 0 radical (unpaired) electrons. The van der Waals surface area contributed by atoms with Crippen molar-refractivity contribution in [3.63, 3.8) is 0 Å². The summed E-state index contributed by atoms with van der Waals surface area (Å²) in [5, 5.41) is 9.51. The fraction of sp³-hybridized carbons (Fsp3) is 0.400. The Bertz CT molecular complexity index is 340. The van der Waals surface area contributed by atoms with Crippen LogP contribution in [0.5, 0.6) is 11.5 Å². The van der Waals surface area contributed by atoms with Crippen LogP contribution < -0.4 is 10.5 Å². The maximum Gasteiger partial charge on any atom is 0.165 e. The number of phenolic OH excluding ortho intramolecular Hbond substituents is 1. The molecule has 1 aromatic rings. The third kappa shape index (κ3) is 1.32. The number of benzene rings is 1. The largest absolute Gasteiger partial charge is 0.504 e. The zero-order chi connectivity index (χ0) is 10.1. The molecule has 2 atom stereocenters. The van der Waals surface area contributed by atoms with E-state index in [1.54, 1.807) is 19.2 Å². The van der Waals surface area contributed by atoms with E-state index < -0.39 is 0 Å². The molecule has 0 bridgehead atoms. The molecule has 0 saturated carbocycles. The van der Waals surface area contributed by atoms with Gasteiger partial charge in [-0.25, -0.2) is 0 Å². The first kappa shape index (κ1) is 9.30. The summed E-state index contributed by atoms with van der Waals surface area (Å²) in [7, 11) is 1.60. The fourth-order valence-electron chi connectivity index (χ4n) is 1.65. The van der Waals surface area contributed by atoms with Gasteiger partial charge in [0, 0.05) is 12.7 Å². The van der Waals surface area contributed by atoms with Crippen LogP contribution in [0.1, 0.15) is 11.6 Å². The Labute approximate surface area is 82.2 Å². The summed E-state index contributed by atoms with van der Waals surface area (Å²) in [6.45, 7) is 0.377. The van der Waals surface area contributed by atoms with Crippen LogP contribution in [0.4, 0.5) is 0 Å². The van der Waals surface area contributed by atoms with Crippen molar-refractivity contribution in [1.82, 2.24) is 0 Å². The lowest BCUT2D eigenvalue weighted by Crippen LogP contribution is -2.37. The average Bonchev–Trinajstić information content (AvgIpc) is 2.20. The molecule has 1 aliphatic rings. The van der Waals surface area contributed by atoms with Crippen LogP contribution in [-0.2, 0) is 4.74 Å². The van der Waals surface area contributed by atoms with E-state index in [9.17, 15) is 5.11 Å². The van der Waals surface area contributed by atoms with Gasteiger partial charge in [-0.1, -0.05) is 12.1 Å². The lowest BCUT2D eigenvalue weighted by molar-refractivity contribution is 0.0248. The molecule has 2 unspecified atom stereocenters. The van der Waals surface area contributed by atoms with Gasteiger partial charge in [-0.05, 0) is 6.07 Å². The summed E-state index contributed by atoms with van der Waals surface area (Å²) in [6.07, 6.45) is -0.149. The van der Waals surface area contributed by atoms with Crippen molar-refractivity contribution in [1.29, 1.82) is 0 Å². The number of phenols is 1. The lowest BCUT2D eigenvalue weighted by atomic mass is 9.99. The number of hydrogen-bond donors (Lipinski definition) is 2. The zero-order valence-electron chi connectivity index (χ0n) is 7.93. The van der Waals surface area contributed by atoms with Gasteiger partial charge in [-0.2, -0.15) is 0 Å². The van der Waals surface area contributed by atoms with E-state index >= 15 is 0 Å². The minimum atomic E-state index is -0.240. The third-order valence-electron chi connectivity index (χ3n) is 2.48.